The summed E-state index contributed by atoms with van der Waals surface area (Å²) in [5, 5.41) is 0. The van der Waals surface area contributed by atoms with Crippen molar-refractivity contribution in [2.45, 2.75) is 26.3 Å². The van der Waals surface area contributed by atoms with Gasteiger partial charge in [-0.2, -0.15) is 0 Å². The molecule has 1 aromatic rings. The summed E-state index contributed by atoms with van der Waals surface area (Å²) in [7, 11) is 0. The Hall–Kier alpha value is -1.55. The van der Waals surface area contributed by atoms with Crippen LogP contribution < -0.4 is 10.5 Å². The highest BCUT2D eigenvalue weighted by Crippen LogP contribution is 2.17. The largest absolute Gasteiger partial charge is 0.492 e. The van der Waals surface area contributed by atoms with E-state index in [-0.39, 0.29) is 11.8 Å². The van der Waals surface area contributed by atoms with Crippen molar-refractivity contribution in [2.24, 2.45) is 11.7 Å². The normalized spacial score (nSPS) is 19.6. The minimum absolute atomic E-state index is 0.164. The van der Waals surface area contributed by atoms with Gasteiger partial charge >= 0.3 is 0 Å². The standard InChI is InChI=1S/C15H22N2O2/c1-12-3-2-8-17(15(12)18)9-10-19-14-6-4-13(11-16)5-7-14/h4-7,12H,2-3,8-11,16H2,1H3. The maximum absolute atomic E-state index is 11.9. The molecule has 1 atom stereocenters. The molecule has 1 unspecified atom stereocenters. The minimum Gasteiger partial charge on any atom is -0.492 e. The molecule has 0 aromatic heterocycles. The van der Waals surface area contributed by atoms with Crippen LogP contribution in [-0.2, 0) is 11.3 Å². The van der Waals surface area contributed by atoms with Gasteiger partial charge in [0.2, 0.25) is 5.91 Å². The molecule has 4 nitrogen and oxygen atoms in total. The average molecular weight is 262 g/mol. The van der Waals surface area contributed by atoms with Crippen molar-refractivity contribution in [3.8, 4) is 5.75 Å². The molecule has 1 aromatic carbocycles. The first kappa shape index (κ1) is 13.9. The van der Waals surface area contributed by atoms with E-state index in [1.54, 1.807) is 0 Å². The number of likely N-dealkylation sites (tertiary alicyclic amines) is 1. The number of carbonyl (C=O) groups is 1. The van der Waals surface area contributed by atoms with E-state index >= 15 is 0 Å². The van der Waals surface area contributed by atoms with Crippen molar-refractivity contribution in [2.75, 3.05) is 19.7 Å². The molecule has 1 aliphatic rings. The van der Waals surface area contributed by atoms with Crippen molar-refractivity contribution >= 4 is 5.91 Å². The summed E-state index contributed by atoms with van der Waals surface area (Å²) in [5.41, 5.74) is 6.63. The molecule has 0 bridgehead atoms. The van der Waals surface area contributed by atoms with Crippen LogP contribution in [0.3, 0.4) is 0 Å². The molecule has 2 N–H and O–H groups in total. The molecule has 1 fully saturated rings. The van der Waals surface area contributed by atoms with Gasteiger partial charge in [-0.3, -0.25) is 4.79 Å². The number of carbonyl (C=O) groups excluding carboxylic acids is 1. The van der Waals surface area contributed by atoms with Crippen LogP contribution in [0, 0.1) is 5.92 Å². The van der Waals surface area contributed by atoms with E-state index in [4.69, 9.17) is 10.5 Å². The lowest BCUT2D eigenvalue weighted by Gasteiger charge is -2.30. The van der Waals surface area contributed by atoms with E-state index in [0.717, 1.165) is 30.7 Å². The zero-order chi connectivity index (χ0) is 13.7. The third kappa shape index (κ3) is 3.70. The molecule has 0 aliphatic carbocycles. The number of hydrogen-bond acceptors (Lipinski definition) is 3. The molecule has 0 saturated carbocycles. The predicted octanol–water partition coefficient (Wildman–Crippen LogP) is 1.78. The molecule has 1 saturated heterocycles. The number of nitrogens with zero attached hydrogens (tertiary/aromatic N) is 1. The Balaban J connectivity index is 1.77. The van der Waals surface area contributed by atoms with Gasteiger partial charge in [0.1, 0.15) is 12.4 Å². The van der Waals surface area contributed by atoms with Crippen molar-refractivity contribution in [1.82, 2.24) is 4.90 Å². The first-order valence-corrected chi connectivity index (χ1v) is 6.91. The fraction of sp³-hybridized carbons (Fsp3) is 0.533. The molecule has 2 rings (SSSR count). The Morgan fingerprint density at radius 2 is 2.11 bits per heavy atom. The van der Waals surface area contributed by atoms with Crippen molar-refractivity contribution in [1.29, 1.82) is 0 Å². The van der Waals surface area contributed by atoms with Crippen LogP contribution in [-0.4, -0.2) is 30.5 Å². The molecular weight excluding hydrogens is 240 g/mol. The summed E-state index contributed by atoms with van der Waals surface area (Å²) >= 11 is 0. The fourth-order valence-electron chi connectivity index (χ4n) is 2.35. The lowest BCUT2D eigenvalue weighted by Crippen LogP contribution is -2.42. The van der Waals surface area contributed by atoms with E-state index in [0.29, 0.717) is 19.7 Å². The molecule has 19 heavy (non-hydrogen) atoms. The van der Waals surface area contributed by atoms with Crippen molar-refractivity contribution in [3.05, 3.63) is 29.8 Å². The quantitative estimate of drug-likeness (QED) is 0.880. The van der Waals surface area contributed by atoms with E-state index in [9.17, 15) is 4.79 Å². The minimum atomic E-state index is 0.164. The van der Waals surface area contributed by atoms with Crippen LogP contribution in [0.15, 0.2) is 24.3 Å². The Morgan fingerprint density at radius 1 is 1.37 bits per heavy atom. The number of nitrogens with two attached hydrogens (primary N) is 1. The van der Waals surface area contributed by atoms with Gasteiger partial charge < -0.3 is 15.4 Å². The Morgan fingerprint density at radius 3 is 2.79 bits per heavy atom. The lowest BCUT2D eigenvalue weighted by atomic mass is 9.99. The molecule has 4 heteroatoms. The topological polar surface area (TPSA) is 55.6 Å². The molecule has 104 valence electrons. The second-order valence-corrected chi connectivity index (χ2v) is 5.07. The fourth-order valence-corrected chi connectivity index (χ4v) is 2.35. The summed E-state index contributed by atoms with van der Waals surface area (Å²) in [5.74, 6) is 1.25. The molecule has 1 amide bonds. The Bertz CT molecular complexity index is 417. The van der Waals surface area contributed by atoms with Crippen LogP contribution >= 0.6 is 0 Å². The zero-order valence-corrected chi connectivity index (χ0v) is 11.5. The molecule has 1 aliphatic heterocycles. The van der Waals surface area contributed by atoms with Gasteiger partial charge in [0.25, 0.3) is 0 Å². The molecular formula is C15H22N2O2. The number of piperidine rings is 1. The highest BCUT2D eigenvalue weighted by molar-refractivity contribution is 5.79. The van der Waals surface area contributed by atoms with E-state index in [1.165, 1.54) is 0 Å². The Labute approximate surface area is 114 Å². The summed E-state index contributed by atoms with van der Waals surface area (Å²) in [6, 6.07) is 7.76. The third-order valence-electron chi connectivity index (χ3n) is 3.59. The number of ether oxygens (including phenoxy) is 1. The van der Waals surface area contributed by atoms with E-state index in [2.05, 4.69) is 0 Å². The molecule has 0 radical (unpaired) electrons. The van der Waals surface area contributed by atoms with Crippen molar-refractivity contribution < 1.29 is 9.53 Å². The zero-order valence-electron chi connectivity index (χ0n) is 11.5. The average Bonchev–Trinajstić information content (AvgIpc) is 2.44. The van der Waals surface area contributed by atoms with Crippen LogP contribution in [0.1, 0.15) is 25.3 Å². The lowest BCUT2D eigenvalue weighted by molar-refractivity contribution is -0.138. The third-order valence-corrected chi connectivity index (χ3v) is 3.59. The highest BCUT2D eigenvalue weighted by Gasteiger charge is 2.24. The number of hydrogen-bond donors (Lipinski definition) is 1. The van der Waals surface area contributed by atoms with Gasteiger partial charge in [-0.25, -0.2) is 0 Å². The predicted molar refractivity (Wildman–Crippen MR) is 74.8 cm³/mol. The molecule has 0 spiro atoms. The van der Waals surface area contributed by atoms with E-state index in [1.807, 2.05) is 36.1 Å². The second kappa shape index (κ2) is 6.57. The summed E-state index contributed by atoms with van der Waals surface area (Å²) in [6.07, 6.45) is 2.11. The van der Waals surface area contributed by atoms with Gasteiger partial charge in [-0.05, 0) is 30.5 Å². The maximum atomic E-state index is 11.9. The smallest absolute Gasteiger partial charge is 0.225 e. The van der Waals surface area contributed by atoms with Crippen LogP contribution in [0.25, 0.3) is 0 Å². The van der Waals surface area contributed by atoms with Gasteiger partial charge in [-0.15, -0.1) is 0 Å². The highest BCUT2D eigenvalue weighted by atomic mass is 16.5. The first-order chi connectivity index (χ1) is 9.20. The van der Waals surface area contributed by atoms with Crippen molar-refractivity contribution in [3.63, 3.8) is 0 Å². The maximum Gasteiger partial charge on any atom is 0.225 e. The van der Waals surface area contributed by atoms with Gasteiger partial charge in [0.15, 0.2) is 0 Å². The number of benzene rings is 1. The van der Waals surface area contributed by atoms with Crippen LogP contribution in [0.4, 0.5) is 0 Å². The first-order valence-electron chi connectivity index (χ1n) is 6.91. The summed E-state index contributed by atoms with van der Waals surface area (Å²) in [4.78, 5) is 13.8. The molecule has 1 heterocycles. The monoisotopic (exact) mass is 262 g/mol. The summed E-state index contributed by atoms with van der Waals surface area (Å²) < 4.78 is 5.66. The Kier molecular flexibility index (Phi) is 4.80. The van der Waals surface area contributed by atoms with Gasteiger partial charge in [0, 0.05) is 19.0 Å². The van der Waals surface area contributed by atoms with Crippen LogP contribution in [0.5, 0.6) is 5.75 Å². The number of amides is 1. The van der Waals surface area contributed by atoms with E-state index < -0.39 is 0 Å². The number of rotatable bonds is 5. The van der Waals surface area contributed by atoms with Gasteiger partial charge in [0.05, 0.1) is 6.54 Å². The van der Waals surface area contributed by atoms with Crippen LogP contribution in [0.2, 0.25) is 0 Å². The SMILES string of the molecule is CC1CCCN(CCOc2ccc(CN)cc2)C1=O. The summed E-state index contributed by atoms with van der Waals surface area (Å²) in [6.45, 7) is 4.61. The second-order valence-electron chi connectivity index (χ2n) is 5.07. The van der Waals surface area contributed by atoms with Gasteiger partial charge in [-0.1, -0.05) is 19.1 Å².